The Morgan fingerprint density at radius 2 is 2.09 bits per heavy atom. The topological polar surface area (TPSA) is 55.8 Å². The van der Waals surface area contributed by atoms with Gasteiger partial charge in [-0.05, 0) is 37.8 Å². The van der Waals surface area contributed by atoms with Gasteiger partial charge >= 0.3 is 0 Å². The number of rotatable bonds is 3. The van der Waals surface area contributed by atoms with E-state index in [-0.39, 0.29) is 11.7 Å². The summed E-state index contributed by atoms with van der Waals surface area (Å²) in [5.74, 6) is 0. The molecule has 3 rings (SSSR count). The highest BCUT2D eigenvalue weighted by molar-refractivity contribution is 7.89. The molecule has 2 heterocycles. The van der Waals surface area contributed by atoms with Gasteiger partial charge < -0.3 is 9.47 Å². The van der Waals surface area contributed by atoms with Crippen molar-refractivity contribution in [3.8, 4) is 0 Å². The maximum absolute atomic E-state index is 12.9. The van der Waals surface area contributed by atoms with E-state index in [0.29, 0.717) is 24.4 Å². The highest BCUT2D eigenvalue weighted by Crippen LogP contribution is 2.38. The van der Waals surface area contributed by atoms with E-state index >= 15 is 0 Å². The highest BCUT2D eigenvalue weighted by atomic mass is 32.2. The molecule has 2 saturated heterocycles. The van der Waals surface area contributed by atoms with Crippen LogP contribution in [0.1, 0.15) is 24.8 Å². The first kappa shape index (κ1) is 15.9. The Bertz CT molecular complexity index is 637. The normalized spacial score (nSPS) is 30.0. The molecule has 0 aromatic heterocycles. The van der Waals surface area contributed by atoms with Gasteiger partial charge in [-0.15, -0.1) is 0 Å². The second kappa shape index (κ2) is 5.92. The average Bonchev–Trinajstić information content (AvgIpc) is 2.97. The molecular weight excluding hydrogens is 302 g/mol. The Morgan fingerprint density at radius 1 is 1.32 bits per heavy atom. The summed E-state index contributed by atoms with van der Waals surface area (Å²) in [7, 11) is -1.85. The van der Waals surface area contributed by atoms with E-state index < -0.39 is 10.0 Å². The zero-order valence-electron chi connectivity index (χ0n) is 13.1. The number of hydrogen-bond donors (Lipinski definition) is 0. The molecule has 2 aliphatic heterocycles. The minimum atomic E-state index is -3.48. The lowest BCUT2D eigenvalue weighted by Gasteiger charge is -2.43. The highest BCUT2D eigenvalue weighted by Gasteiger charge is 2.49. The predicted octanol–water partition coefficient (Wildman–Crippen LogP) is 1.95. The van der Waals surface area contributed by atoms with Crippen molar-refractivity contribution >= 4 is 10.0 Å². The lowest BCUT2D eigenvalue weighted by atomic mass is 9.87. The summed E-state index contributed by atoms with van der Waals surface area (Å²) in [6.45, 7) is 3.40. The Morgan fingerprint density at radius 3 is 2.73 bits per heavy atom. The number of piperidine rings is 1. The summed E-state index contributed by atoms with van der Waals surface area (Å²) in [6, 6.07) is 7.11. The van der Waals surface area contributed by atoms with Gasteiger partial charge in [-0.2, -0.15) is 4.31 Å². The fourth-order valence-electron chi connectivity index (χ4n) is 3.58. The largest absolute Gasteiger partial charge is 0.377 e. The number of nitrogens with zero attached hydrogens (tertiary/aromatic N) is 1. The quantitative estimate of drug-likeness (QED) is 0.852. The van der Waals surface area contributed by atoms with E-state index in [1.54, 1.807) is 19.2 Å². The van der Waals surface area contributed by atoms with E-state index in [9.17, 15) is 8.42 Å². The van der Waals surface area contributed by atoms with Crippen molar-refractivity contribution in [3.63, 3.8) is 0 Å². The monoisotopic (exact) mass is 325 g/mol. The van der Waals surface area contributed by atoms with Crippen molar-refractivity contribution in [2.75, 3.05) is 26.8 Å². The van der Waals surface area contributed by atoms with Crippen LogP contribution in [0.4, 0.5) is 0 Å². The second-order valence-corrected chi connectivity index (χ2v) is 8.03. The number of benzene rings is 1. The maximum Gasteiger partial charge on any atom is 0.243 e. The van der Waals surface area contributed by atoms with E-state index in [2.05, 4.69) is 0 Å². The maximum atomic E-state index is 12.9. The summed E-state index contributed by atoms with van der Waals surface area (Å²) in [5.41, 5.74) is 0.473. The van der Waals surface area contributed by atoms with Gasteiger partial charge in [0.1, 0.15) is 0 Å². The number of hydrogen-bond acceptors (Lipinski definition) is 4. The van der Waals surface area contributed by atoms with Crippen LogP contribution < -0.4 is 0 Å². The van der Waals surface area contributed by atoms with E-state index in [1.807, 2.05) is 19.1 Å². The number of ether oxygens (including phenoxy) is 2. The van der Waals surface area contributed by atoms with Gasteiger partial charge in [-0.25, -0.2) is 8.42 Å². The van der Waals surface area contributed by atoms with Gasteiger partial charge in [-0.1, -0.05) is 18.2 Å². The van der Waals surface area contributed by atoms with Crippen molar-refractivity contribution in [3.05, 3.63) is 29.8 Å². The molecule has 0 N–H and O–H groups in total. The van der Waals surface area contributed by atoms with Crippen LogP contribution in [0.25, 0.3) is 0 Å². The standard InChI is InChI=1S/C16H23NO4S/c1-13-6-3-4-7-14(13)22(18,19)17-10-9-16(8-5-11-21-16)15(12-17)20-2/h3-4,6-7,15H,5,8-12H2,1-2H3/t15-,16-/m0/s1. The summed E-state index contributed by atoms with van der Waals surface area (Å²) in [4.78, 5) is 0.383. The Kier molecular flexibility index (Phi) is 4.29. The van der Waals surface area contributed by atoms with E-state index in [1.165, 1.54) is 4.31 Å². The van der Waals surface area contributed by atoms with E-state index in [0.717, 1.165) is 25.0 Å². The first-order chi connectivity index (χ1) is 10.5. The number of aryl methyl sites for hydroxylation is 1. The predicted molar refractivity (Wildman–Crippen MR) is 83.3 cm³/mol. The second-order valence-electron chi connectivity index (χ2n) is 6.12. The third-order valence-electron chi connectivity index (χ3n) is 4.87. The molecule has 0 bridgehead atoms. The minimum absolute atomic E-state index is 0.206. The Hall–Kier alpha value is -0.950. The third-order valence-corrected chi connectivity index (χ3v) is 6.90. The molecule has 0 saturated carbocycles. The molecular formula is C16H23NO4S. The Balaban J connectivity index is 1.86. The van der Waals surface area contributed by atoms with Crippen LogP contribution in [-0.4, -0.2) is 51.2 Å². The molecule has 1 aromatic carbocycles. The zero-order valence-corrected chi connectivity index (χ0v) is 13.9. The molecule has 0 radical (unpaired) electrons. The molecule has 2 fully saturated rings. The fourth-order valence-corrected chi connectivity index (χ4v) is 5.25. The summed E-state index contributed by atoms with van der Waals surface area (Å²) >= 11 is 0. The van der Waals surface area contributed by atoms with Crippen molar-refractivity contribution in [1.82, 2.24) is 4.31 Å². The molecule has 2 aliphatic rings. The SMILES string of the molecule is CO[C@H]1CN(S(=O)(=O)c2ccccc2C)CC[C@@]12CCCO2. The van der Waals surface area contributed by atoms with Crippen LogP contribution in [0, 0.1) is 6.92 Å². The van der Waals surface area contributed by atoms with Crippen LogP contribution in [0.3, 0.4) is 0 Å². The molecule has 122 valence electrons. The Labute approximate surface area is 132 Å². The lowest BCUT2D eigenvalue weighted by molar-refractivity contribution is -0.131. The van der Waals surface area contributed by atoms with Crippen molar-refractivity contribution < 1.29 is 17.9 Å². The molecule has 1 spiro atoms. The molecule has 0 unspecified atom stereocenters. The molecule has 6 heteroatoms. The average molecular weight is 325 g/mol. The first-order valence-corrected chi connectivity index (χ1v) is 9.16. The summed E-state index contributed by atoms with van der Waals surface area (Å²) in [5, 5.41) is 0. The van der Waals surface area contributed by atoms with Crippen LogP contribution in [0.5, 0.6) is 0 Å². The van der Waals surface area contributed by atoms with Gasteiger partial charge in [0.2, 0.25) is 10.0 Å². The van der Waals surface area contributed by atoms with Gasteiger partial charge in [0.15, 0.2) is 0 Å². The van der Waals surface area contributed by atoms with Gasteiger partial charge in [0.05, 0.1) is 16.6 Å². The number of sulfonamides is 1. The summed E-state index contributed by atoms with van der Waals surface area (Å²) < 4.78 is 38.9. The van der Waals surface area contributed by atoms with Crippen molar-refractivity contribution in [1.29, 1.82) is 0 Å². The smallest absolute Gasteiger partial charge is 0.243 e. The first-order valence-electron chi connectivity index (χ1n) is 7.72. The summed E-state index contributed by atoms with van der Waals surface area (Å²) in [6.07, 6.45) is 2.45. The zero-order chi connectivity index (χ0) is 15.8. The fraction of sp³-hybridized carbons (Fsp3) is 0.625. The molecule has 2 atom stereocenters. The van der Waals surface area contributed by atoms with Gasteiger partial charge in [-0.3, -0.25) is 0 Å². The van der Waals surface area contributed by atoms with Gasteiger partial charge in [0, 0.05) is 26.8 Å². The molecule has 1 aromatic rings. The molecule has 0 aliphatic carbocycles. The minimum Gasteiger partial charge on any atom is -0.377 e. The van der Waals surface area contributed by atoms with Crippen LogP contribution >= 0.6 is 0 Å². The molecule has 22 heavy (non-hydrogen) atoms. The van der Waals surface area contributed by atoms with Crippen LogP contribution in [0.15, 0.2) is 29.2 Å². The van der Waals surface area contributed by atoms with Crippen molar-refractivity contribution in [2.24, 2.45) is 0 Å². The third kappa shape index (κ3) is 2.58. The van der Waals surface area contributed by atoms with E-state index in [4.69, 9.17) is 9.47 Å². The molecule has 5 nitrogen and oxygen atoms in total. The van der Waals surface area contributed by atoms with Gasteiger partial charge in [0.25, 0.3) is 0 Å². The lowest BCUT2D eigenvalue weighted by Crippen LogP contribution is -2.57. The van der Waals surface area contributed by atoms with Crippen LogP contribution in [0.2, 0.25) is 0 Å². The number of methoxy groups -OCH3 is 1. The van der Waals surface area contributed by atoms with Crippen molar-refractivity contribution in [2.45, 2.75) is 42.8 Å². The molecule has 0 amide bonds. The van der Waals surface area contributed by atoms with Crippen LogP contribution in [-0.2, 0) is 19.5 Å².